The Morgan fingerprint density at radius 1 is 1.62 bits per heavy atom. The van der Waals surface area contributed by atoms with Gasteiger partial charge in [-0.25, -0.2) is 0 Å². The Hall–Kier alpha value is -0.0400. The first kappa shape index (κ1) is 6.09. The second-order valence-corrected chi connectivity index (χ2v) is 3.33. The van der Waals surface area contributed by atoms with E-state index in [9.17, 15) is 0 Å². The maximum atomic E-state index is 5.63. The predicted molar refractivity (Wildman–Crippen MR) is 35.6 cm³/mol. The molecule has 0 aromatic carbocycles. The predicted octanol–water partition coefficient (Wildman–Crippen LogP) is 1.52. The van der Waals surface area contributed by atoms with Crippen LogP contribution in [0.3, 0.4) is 0 Å². The lowest BCUT2D eigenvalue weighted by molar-refractivity contribution is 0.123. The van der Waals surface area contributed by atoms with Crippen LogP contribution < -0.4 is 5.73 Å². The van der Waals surface area contributed by atoms with Crippen LogP contribution in [0.4, 0.5) is 0 Å². The van der Waals surface area contributed by atoms with E-state index >= 15 is 0 Å². The lowest BCUT2D eigenvalue weighted by atomic mass is 9.66. The van der Waals surface area contributed by atoms with E-state index in [1.807, 2.05) is 0 Å². The summed E-state index contributed by atoms with van der Waals surface area (Å²) in [6.45, 7) is 4.56. The van der Waals surface area contributed by atoms with Gasteiger partial charge in [0.05, 0.1) is 0 Å². The molecule has 0 aliphatic heterocycles. The third kappa shape index (κ3) is 0.873. The van der Waals surface area contributed by atoms with Crippen molar-refractivity contribution < 1.29 is 0 Å². The summed E-state index contributed by atoms with van der Waals surface area (Å²) in [5.41, 5.74) is 6.24. The second kappa shape index (κ2) is 1.73. The molecule has 0 saturated heterocycles. The number of rotatable bonds is 1. The largest absolute Gasteiger partial charge is 0.328 e. The van der Waals surface area contributed by atoms with Gasteiger partial charge in [-0.1, -0.05) is 20.3 Å². The third-order valence-electron chi connectivity index (χ3n) is 2.36. The van der Waals surface area contributed by atoms with E-state index in [0.29, 0.717) is 11.5 Å². The monoisotopic (exact) mass is 113 g/mol. The molecule has 1 rings (SSSR count). The van der Waals surface area contributed by atoms with E-state index in [0.717, 1.165) is 0 Å². The van der Waals surface area contributed by atoms with Gasteiger partial charge in [-0.05, 0) is 18.3 Å². The number of nitrogens with two attached hydrogens (primary N) is 1. The highest BCUT2D eigenvalue weighted by Crippen LogP contribution is 2.41. The molecular formula is C7H15N. The number of hydrogen-bond acceptors (Lipinski definition) is 1. The Bertz CT molecular complexity index is 82.4. The van der Waals surface area contributed by atoms with Gasteiger partial charge in [-0.15, -0.1) is 0 Å². The average molecular weight is 113 g/mol. The Morgan fingerprint density at radius 2 is 2.12 bits per heavy atom. The minimum absolute atomic E-state index is 0.514. The molecule has 0 atom stereocenters. The molecule has 2 N–H and O–H groups in total. The summed E-state index contributed by atoms with van der Waals surface area (Å²) in [5.74, 6) is 0. The third-order valence-corrected chi connectivity index (χ3v) is 2.36. The maximum Gasteiger partial charge on any atom is 0.00492 e. The van der Waals surface area contributed by atoms with Crippen LogP contribution in [0.2, 0.25) is 0 Å². The van der Waals surface area contributed by atoms with E-state index in [4.69, 9.17) is 5.73 Å². The number of hydrogen-bond donors (Lipinski definition) is 1. The average Bonchev–Trinajstić information content (AvgIpc) is 1.63. The van der Waals surface area contributed by atoms with Crippen molar-refractivity contribution >= 4 is 0 Å². The van der Waals surface area contributed by atoms with Gasteiger partial charge >= 0.3 is 0 Å². The summed E-state index contributed by atoms with van der Waals surface area (Å²) in [5, 5.41) is 0. The fraction of sp³-hybridized carbons (Fsp3) is 1.00. The van der Waals surface area contributed by atoms with E-state index in [2.05, 4.69) is 13.8 Å². The zero-order valence-electron chi connectivity index (χ0n) is 5.78. The quantitative estimate of drug-likeness (QED) is 0.548. The highest BCUT2D eigenvalue weighted by Gasteiger charge is 2.35. The van der Waals surface area contributed by atoms with Crippen LogP contribution in [0, 0.1) is 5.41 Å². The zero-order valence-corrected chi connectivity index (χ0v) is 5.78. The van der Waals surface area contributed by atoms with Gasteiger partial charge in [-0.3, -0.25) is 0 Å². The molecule has 0 radical (unpaired) electrons. The van der Waals surface area contributed by atoms with Crippen molar-refractivity contribution in [1.82, 2.24) is 0 Å². The van der Waals surface area contributed by atoms with Crippen molar-refractivity contribution in [2.45, 2.75) is 39.2 Å². The molecule has 1 heteroatoms. The van der Waals surface area contributed by atoms with Crippen LogP contribution in [0.5, 0.6) is 0 Å². The first-order chi connectivity index (χ1) is 3.66. The van der Waals surface area contributed by atoms with Crippen LogP contribution in [0.25, 0.3) is 0 Å². The topological polar surface area (TPSA) is 26.0 Å². The van der Waals surface area contributed by atoms with E-state index < -0.39 is 0 Å². The van der Waals surface area contributed by atoms with Crippen molar-refractivity contribution in [1.29, 1.82) is 0 Å². The van der Waals surface area contributed by atoms with Crippen LogP contribution in [-0.2, 0) is 0 Å². The van der Waals surface area contributed by atoms with E-state index in [-0.39, 0.29) is 0 Å². The van der Waals surface area contributed by atoms with Crippen LogP contribution >= 0.6 is 0 Å². The van der Waals surface area contributed by atoms with Crippen LogP contribution in [-0.4, -0.2) is 6.04 Å². The highest BCUT2D eigenvalue weighted by molar-refractivity contribution is 4.91. The maximum absolute atomic E-state index is 5.63. The fourth-order valence-corrected chi connectivity index (χ4v) is 1.49. The van der Waals surface area contributed by atoms with Crippen molar-refractivity contribution in [2.75, 3.05) is 0 Å². The van der Waals surface area contributed by atoms with Gasteiger partial charge < -0.3 is 5.73 Å². The summed E-state index contributed by atoms with van der Waals surface area (Å²) in [6, 6.07) is 0.514. The second-order valence-electron chi connectivity index (χ2n) is 3.33. The van der Waals surface area contributed by atoms with Crippen molar-refractivity contribution in [3.05, 3.63) is 0 Å². The normalized spacial score (nSPS) is 46.1. The molecule has 1 saturated carbocycles. The molecule has 0 aromatic heterocycles. The Balaban J connectivity index is 2.30. The van der Waals surface area contributed by atoms with Gasteiger partial charge in [0.25, 0.3) is 0 Å². The van der Waals surface area contributed by atoms with E-state index in [1.54, 1.807) is 0 Å². The zero-order chi connectivity index (χ0) is 6.20. The molecule has 0 amide bonds. The SMILES string of the molecule is CCC1(C)CC(N)C1. The molecule has 0 spiro atoms. The van der Waals surface area contributed by atoms with Gasteiger partial charge in [0.15, 0.2) is 0 Å². The summed E-state index contributed by atoms with van der Waals surface area (Å²) in [7, 11) is 0. The van der Waals surface area contributed by atoms with Crippen LogP contribution in [0.15, 0.2) is 0 Å². The Kier molecular flexibility index (Phi) is 1.31. The molecule has 0 bridgehead atoms. The van der Waals surface area contributed by atoms with Gasteiger partial charge in [0.2, 0.25) is 0 Å². The Morgan fingerprint density at radius 3 is 2.25 bits per heavy atom. The van der Waals surface area contributed by atoms with Gasteiger partial charge in [0.1, 0.15) is 0 Å². The summed E-state index contributed by atoms with van der Waals surface area (Å²) in [4.78, 5) is 0. The van der Waals surface area contributed by atoms with Crippen molar-refractivity contribution in [3.8, 4) is 0 Å². The molecule has 48 valence electrons. The van der Waals surface area contributed by atoms with Crippen molar-refractivity contribution in [3.63, 3.8) is 0 Å². The fourth-order valence-electron chi connectivity index (χ4n) is 1.49. The molecule has 0 aromatic rings. The van der Waals surface area contributed by atoms with Gasteiger partial charge in [-0.2, -0.15) is 0 Å². The van der Waals surface area contributed by atoms with Crippen LogP contribution in [0.1, 0.15) is 33.1 Å². The van der Waals surface area contributed by atoms with Crippen molar-refractivity contribution in [2.24, 2.45) is 11.1 Å². The minimum atomic E-state index is 0.514. The Labute approximate surface area is 51.3 Å². The van der Waals surface area contributed by atoms with Gasteiger partial charge in [0, 0.05) is 6.04 Å². The first-order valence-corrected chi connectivity index (χ1v) is 3.42. The molecule has 1 aliphatic rings. The molecule has 0 unspecified atom stereocenters. The molecular weight excluding hydrogens is 98.1 g/mol. The molecule has 1 fully saturated rings. The smallest absolute Gasteiger partial charge is 0.00492 e. The summed E-state index contributed by atoms with van der Waals surface area (Å²) < 4.78 is 0. The molecule has 1 nitrogen and oxygen atoms in total. The molecule has 8 heavy (non-hydrogen) atoms. The minimum Gasteiger partial charge on any atom is -0.328 e. The highest BCUT2D eigenvalue weighted by atomic mass is 14.7. The lowest BCUT2D eigenvalue weighted by Gasteiger charge is -2.42. The standard InChI is InChI=1S/C7H15N/c1-3-7(2)4-6(8)5-7/h6H,3-5,8H2,1-2H3. The summed E-state index contributed by atoms with van der Waals surface area (Å²) >= 11 is 0. The summed E-state index contributed by atoms with van der Waals surface area (Å²) in [6.07, 6.45) is 3.77. The lowest BCUT2D eigenvalue weighted by Crippen LogP contribution is -2.43. The molecule has 0 heterocycles. The first-order valence-electron chi connectivity index (χ1n) is 3.42. The molecule has 1 aliphatic carbocycles. The van der Waals surface area contributed by atoms with E-state index in [1.165, 1.54) is 19.3 Å².